The fourth-order valence-corrected chi connectivity index (χ4v) is 0.515. The highest BCUT2D eigenvalue weighted by atomic mass is 16.5. The van der Waals surface area contributed by atoms with E-state index in [9.17, 15) is 4.79 Å². The minimum absolute atomic E-state index is 0.0576. The van der Waals surface area contributed by atoms with Crippen LogP contribution in [0, 0.1) is 0 Å². The minimum atomic E-state index is -0.335. The Bertz CT molecular complexity index is 145. The van der Waals surface area contributed by atoms with Gasteiger partial charge < -0.3 is 9.84 Å². The van der Waals surface area contributed by atoms with Crippen LogP contribution < -0.4 is 0 Å². The number of hydrogen-bond donors (Lipinski definition) is 1. The van der Waals surface area contributed by atoms with Crippen molar-refractivity contribution < 1.29 is 14.6 Å². The molecule has 3 nitrogen and oxygen atoms in total. The Morgan fingerprint density at radius 1 is 1.55 bits per heavy atom. The summed E-state index contributed by atoms with van der Waals surface area (Å²) < 4.78 is 4.72. The van der Waals surface area contributed by atoms with Gasteiger partial charge in [0.15, 0.2) is 0 Å². The molecule has 0 aromatic heterocycles. The molecule has 0 atom stereocenters. The first-order chi connectivity index (χ1) is 5.16. The van der Waals surface area contributed by atoms with Crippen molar-refractivity contribution in [2.45, 2.75) is 20.3 Å². The molecule has 0 spiro atoms. The molecule has 64 valence electrons. The molecule has 0 bridgehead atoms. The van der Waals surface area contributed by atoms with Crippen LogP contribution in [0.4, 0.5) is 0 Å². The Balaban J connectivity index is 3.46. The van der Waals surface area contributed by atoms with Gasteiger partial charge in [0.25, 0.3) is 0 Å². The lowest BCUT2D eigenvalue weighted by Gasteiger charge is -1.98. The van der Waals surface area contributed by atoms with E-state index in [4.69, 9.17) is 9.84 Å². The molecular formula is C8H14O3. The predicted octanol–water partition coefficient (Wildman–Crippen LogP) is 0.878. The van der Waals surface area contributed by atoms with Gasteiger partial charge in [0, 0.05) is 19.1 Å². The molecule has 0 aromatic rings. The van der Waals surface area contributed by atoms with Gasteiger partial charge in [-0.25, -0.2) is 4.79 Å². The molecule has 0 aromatic carbocycles. The number of hydrogen-bond acceptors (Lipinski definition) is 3. The largest absolute Gasteiger partial charge is 0.462 e. The molecule has 0 aliphatic carbocycles. The lowest BCUT2D eigenvalue weighted by molar-refractivity contribution is -0.138. The van der Waals surface area contributed by atoms with Crippen molar-refractivity contribution in [3.8, 4) is 0 Å². The monoisotopic (exact) mass is 158 g/mol. The molecule has 0 amide bonds. The highest BCUT2D eigenvalue weighted by molar-refractivity contribution is 5.82. The van der Waals surface area contributed by atoms with Crippen LogP contribution in [0.15, 0.2) is 11.6 Å². The Morgan fingerprint density at radius 3 is 2.64 bits per heavy atom. The normalized spacial score (nSPS) is 9.00. The summed E-state index contributed by atoms with van der Waals surface area (Å²) in [5.74, 6) is -0.335. The SMILES string of the molecule is CC(C)=CC(=O)OCCCO. The molecule has 0 saturated heterocycles. The van der Waals surface area contributed by atoms with Crippen LogP contribution >= 0.6 is 0 Å². The highest BCUT2D eigenvalue weighted by Gasteiger charge is 1.95. The fraction of sp³-hybridized carbons (Fsp3) is 0.625. The van der Waals surface area contributed by atoms with Gasteiger partial charge in [-0.3, -0.25) is 0 Å². The minimum Gasteiger partial charge on any atom is -0.462 e. The van der Waals surface area contributed by atoms with Crippen molar-refractivity contribution in [2.24, 2.45) is 0 Å². The molecule has 0 radical (unpaired) electrons. The van der Waals surface area contributed by atoms with Gasteiger partial charge in [-0.05, 0) is 13.8 Å². The summed E-state index contributed by atoms with van der Waals surface area (Å²) >= 11 is 0. The van der Waals surface area contributed by atoms with E-state index < -0.39 is 0 Å². The van der Waals surface area contributed by atoms with Crippen molar-refractivity contribution in [3.05, 3.63) is 11.6 Å². The second-order valence-electron chi connectivity index (χ2n) is 2.47. The zero-order valence-corrected chi connectivity index (χ0v) is 6.96. The third-order valence-electron chi connectivity index (χ3n) is 0.953. The zero-order chi connectivity index (χ0) is 8.69. The topological polar surface area (TPSA) is 46.5 Å². The standard InChI is InChI=1S/C8H14O3/c1-7(2)6-8(10)11-5-3-4-9/h6,9H,3-5H2,1-2H3. The first-order valence-corrected chi connectivity index (χ1v) is 3.59. The van der Waals surface area contributed by atoms with Crippen LogP contribution in [-0.2, 0) is 9.53 Å². The molecule has 11 heavy (non-hydrogen) atoms. The van der Waals surface area contributed by atoms with Crippen molar-refractivity contribution in [1.82, 2.24) is 0 Å². The van der Waals surface area contributed by atoms with Crippen molar-refractivity contribution in [3.63, 3.8) is 0 Å². The summed E-state index contributed by atoms with van der Waals surface area (Å²) in [6, 6.07) is 0. The van der Waals surface area contributed by atoms with E-state index in [2.05, 4.69) is 0 Å². The molecule has 0 aliphatic rings. The maximum Gasteiger partial charge on any atom is 0.330 e. The van der Waals surface area contributed by atoms with E-state index in [1.807, 2.05) is 13.8 Å². The summed E-state index contributed by atoms with van der Waals surface area (Å²) in [5, 5.41) is 8.35. The number of ether oxygens (including phenoxy) is 1. The number of rotatable bonds is 4. The van der Waals surface area contributed by atoms with Gasteiger partial charge in [-0.2, -0.15) is 0 Å². The summed E-state index contributed by atoms with van der Waals surface area (Å²) in [5.41, 5.74) is 0.916. The smallest absolute Gasteiger partial charge is 0.330 e. The van der Waals surface area contributed by atoms with Gasteiger partial charge in [0.2, 0.25) is 0 Å². The van der Waals surface area contributed by atoms with Crippen LogP contribution in [0.5, 0.6) is 0 Å². The summed E-state index contributed by atoms with van der Waals surface area (Å²) in [6.07, 6.45) is 1.93. The second kappa shape index (κ2) is 5.92. The van der Waals surface area contributed by atoms with E-state index in [0.717, 1.165) is 5.57 Å². The first-order valence-electron chi connectivity index (χ1n) is 3.59. The lowest BCUT2D eigenvalue weighted by Crippen LogP contribution is -2.04. The van der Waals surface area contributed by atoms with Gasteiger partial charge in [-0.1, -0.05) is 5.57 Å². The predicted molar refractivity (Wildman–Crippen MR) is 42.1 cm³/mol. The van der Waals surface area contributed by atoms with E-state index >= 15 is 0 Å². The van der Waals surface area contributed by atoms with Crippen LogP contribution in [0.25, 0.3) is 0 Å². The molecular weight excluding hydrogens is 144 g/mol. The quantitative estimate of drug-likeness (QED) is 0.375. The van der Waals surface area contributed by atoms with E-state index in [0.29, 0.717) is 13.0 Å². The number of aliphatic hydroxyl groups excluding tert-OH is 1. The number of esters is 1. The number of aliphatic hydroxyl groups is 1. The summed E-state index contributed by atoms with van der Waals surface area (Å²) in [4.78, 5) is 10.7. The number of allylic oxidation sites excluding steroid dienone is 1. The summed E-state index contributed by atoms with van der Waals surface area (Å²) in [7, 11) is 0. The van der Waals surface area contributed by atoms with Gasteiger partial charge in [-0.15, -0.1) is 0 Å². The van der Waals surface area contributed by atoms with Crippen LogP contribution in [0.3, 0.4) is 0 Å². The van der Waals surface area contributed by atoms with Crippen LogP contribution in [0.1, 0.15) is 20.3 Å². The van der Waals surface area contributed by atoms with E-state index in [1.165, 1.54) is 6.08 Å². The van der Waals surface area contributed by atoms with Gasteiger partial charge in [0.05, 0.1) is 6.61 Å². The lowest BCUT2D eigenvalue weighted by atomic mass is 10.3. The van der Waals surface area contributed by atoms with E-state index in [1.54, 1.807) is 0 Å². The van der Waals surface area contributed by atoms with Crippen LogP contribution in [0.2, 0.25) is 0 Å². The average Bonchev–Trinajstić information content (AvgIpc) is 1.86. The van der Waals surface area contributed by atoms with Crippen LogP contribution in [-0.4, -0.2) is 24.3 Å². The Hall–Kier alpha value is -0.830. The van der Waals surface area contributed by atoms with Gasteiger partial charge >= 0.3 is 5.97 Å². The molecule has 0 saturated carbocycles. The molecule has 0 aliphatic heterocycles. The number of carbonyl (C=O) groups is 1. The first kappa shape index (κ1) is 10.2. The zero-order valence-electron chi connectivity index (χ0n) is 6.96. The van der Waals surface area contributed by atoms with Crippen molar-refractivity contribution in [2.75, 3.05) is 13.2 Å². The maximum absolute atomic E-state index is 10.7. The molecule has 0 heterocycles. The molecule has 1 N–H and O–H groups in total. The Morgan fingerprint density at radius 2 is 2.18 bits per heavy atom. The third kappa shape index (κ3) is 7.06. The van der Waals surface area contributed by atoms with E-state index in [-0.39, 0.29) is 12.6 Å². The second-order valence-corrected chi connectivity index (χ2v) is 2.47. The fourth-order valence-electron chi connectivity index (χ4n) is 0.515. The Kier molecular flexibility index (Phi) is 5.47. The molecule has 3 heteroatoms. The Labute approximate surface area is 66.7 Å². The van der Waals surface area contributed by atoms with Crippen molar-refractivity contribution in [1.29, 1.82) is 0 Å². The number of carbonyl (C=O) groups excluding carboxylic acids is 1. The molecule has 0 fully saturated rings. The summed E-state index contributed by atoms with van der Waals surface area (Å²) in [6.45, 7) is 4.00. The third-order valence-corrected chi connectivity index (χ3v) is 0.953. The van der Waals surface area contributed by atoms with Gasteiger partial charge in [0.1, 0.15) is 0 Å². The maximum atomic E-state index is 10.7. The molecule has 0 unspecified atom stereocenters. The average molecular weight is 158 g/mol. The van der Waals surface area contributed by atoms with Crippen molar-refractivity contribution >= 4 is 5.97 Å². The highest BCUT2D eigenvalue weighted by Crippen LogP contribution is 1.91. The molecule has 0 rings (SSSR count).